The number of para-hydroxylation sites is 1. The van der Waals surface area contributed by atoms with Crippen LogP contribution in [0.15, 0.2) is 89.4 Å². The largest absolute Gasteiger partial charge is 0.362 e. The van der Waals surface area contributed by atoms with Crippen molar-refractivity contribution < 1.29 is 9.59 Å². The van der Waals surface area contributed by atoms with Crippen molar-refractivity contribution in [3.05, 3.63) is 106 Å². The molecule has 7 rings (SSSR count). The van der Waals surface area contributed by atoms with Crippen molar-refractivity contribution >= 4 is 33.2 Å². The van der Waals surface area contributed by atoms with Gasteiger partial charge in [0.25, 0.3) is 0 Å². The molecule has 3 aliphatic rings. The quantitative estimate of drug-likeness (QED) is 0.284. The predicted molar refractivity (Wildman–Crippen MR) is 166 cm³/mol. The molecule has 2 heterocycles. The Balaban J connectivity index is 1.45. The lowest BCUT2D eigenvalue weighted by Crippen LogP contribution is -2.42. The van der Waals surface area contributed by atoms with Gasteiger partial charge < -0.3 is 9.88 Å². The van der Waals surface area contributed by atoms with Crippen LogP contribution >= 0.6 is 0 Å². The molecule has 1 aromatic heterocycles. The van der Waals surface area contributed by atoms with Gasteiger partial charge in [-0.15, -0.1) is 0 Å². The van der Waals surface area contributed by atoms with Crippen molar-refractivity contribution in [2.24, 2.45) is 10.8 Å². The zero-order valence-corrected chi connectivity index (χ0v) is 24.7. The number of allylic oxidation sites excluding steroid dienone is 4. The van der Waals surface area contributed by atoms with Crippen LogP contribution in [0.4, 0.5) is 0 Å². The lowest BCUT2D eigenvalue weighted by molar-refractivity contribution is -0.119. The topological polar surface area (TPSA) is 51.1 Å². The maximum Gasteiger partial charge on any atom is 0.162 e. The van der Waals surface area contributed by atoms with Gasteiger partial charge in [0, 0.05) is 64.9 Å². The number of nitrogens with zero attached hydrogens (tertiary/aromatic N) is 1. The van der Waals surface area contributed by atoms with Gasteiger partial charge in [-0.1, -0.05) is 82.3 Å². The zero-order chi connectivity index (χ0) is 28.7. The number of Topliss-reactive ketones (excluding diaryl/α,β-unsaturated/α-hetero) is 2. The molecule has 2 aliphatic carbocycles. The maximum absolute atomic E-state index is 13.9. The van der Waals surface area contributed by atoms with Gasteiger partial charge in [-0.05, 0) is 64.1 Å². The van der Waals surface area contributed by atoms with Gasteiger partial charge in [0.1, 0.15) is 0 Å². The summed E-state index contributed by atoms with van der Waals surface area (Å²) in [4.78, 5) is 27.8. The molecule has 3 aromatic carbocycles. The van der Waals surface area contributed by atoms with Crippen LogP contribution in [0, 0.1) is 17.8 Å². The number of hydrogen-bond acceptors (Lipinski definition) is 3. The first kappa shape index (κ1) is 26.0. The molecule has 4 nitrogen and oxygen atoms in total. The second-order valence-electron chi connectivity index (χ2n) is 14.0. The SMILES string of the molecule is Cc1ccc2ccccc2c1Cn1cc(C2C3=C(CC(C)(C)CC3=O)NC3=C2C(=O)CC(C)(C)C3)c2ccccc21. The molecule has 4 heteroatoms. The van der Waals surface area contributed by atoms with Crippen molar-refractivity contribution in [2.45, 2.75) is 72.8 Å². The third-order valence-electron chi connectivity index (χ3n) is 9.45. The monoisotopic (exact) mass is 542 g/mol. The first-order chi connectivity index (χ1) is 19.5. The third-order valence-corrected chi connectivity index (χ3v) is 9.45. The maximum atomic E-state index is 13.9. The normalized spacial score (nSPS) is 20.4. The van der Waals surface area contributed by atoms with Crippen LogP contribution in [0.1, 0.15) is 76.0 Å². The van der Waals surface area contributed by atoms with Crippen LogP contribution in [0.2, 0.25) is 0 Å². The molecule has 0 unspecified atom stereocenters. The molecule has 4 aromatic rings. The Bertz CT molecular complexity index is 1790. The number of fused-ring (bicyclic) bond motifs is 2. The molecule has 1 aliphatic heterocycles. The van der Waals surface area contributed by atoms with E-state index in [4.69, 9.17) is 0 Å². The molecule has 0 fully saturated rings. The molecule has 41 heavy (non-hydrogen) atoms. The van der Waals surface area contributed by atoms with Gasteiger partial charge in [-0.3, -0.25) is 9.59 Å². The number of carbonyl (C=O) groups is 2. The minimum atomic E-state index is -0.340. The van der Waals surface area contributed by atoms with Gasteiger partial charge in [0.05, 0.1) is 0 Å². The first-order valence-corrected chi connectivity index (χ1v) is 14.9. The van der Waals surface area contributed by atoms with Gasteiger partial charge in [0.15, 0.2) is 11.6 Å². The van der Waals surface area contributed by atoms with E-state index in [0.717, 1.165) is 58.4 Å². The summed E-state index contributed by atoms with van der Waals surface area (Å²) in [5.74, 6) is -0.00691. The van der Waals surface area contributed by atoms with Crippen LogP contribution in [0.5, 0.6) is 0 Å². The van der Waals surface area contributed by atoms with Crippen molar-refractivity contribution in [3.63, 3.8) is 0 Å². The summed E-state index contributed by atoms with van der Waals surface area (Å²) >= 11 is 0. The van der Waals surface area contributed by atoms with E-state index in [1.165, 1.54) is 21.9 Å². The Morgan fingerprint density at radius 2 is 1.34 bits per heavy atom. The highest BCUT2D eigenvalue weighted by Gasteiger charge is 2.47. The number of rotatable bonds is 3. The number of dihydropyridines is 1. The van der Waals surface area contributed by atoms with Gasteiger partial charge in [0.2, 0.25) is 0 Å². The predicted octanol–water partition coefficient (Wildman–Crippen LogP) is 8.12. The first-order valence-electron chi connectivity index (χ1n) is 14.9. The highest BCUT2D eigenvalue weighted by atomic mass is 16.1. The van der Waals surface area contributed by atoms with E-state index >= 15 is 0 Å². The molecule has 0 saturated carbocycles. The summed E-state index contributed by atoms with van der Waals surface area (Å²) in [5.41, 5.74) is 8.18. The molecule has 208 valence electrons. The van der Waals surface area contributed by atoms with Crippen molar-refractivity contribution in [1.82, 2.24) is 9.88 Å². The Morgan fingerprint density at radius 3 is 2.00 bits per heavy atom. The molecule has 0 spiro atoms. The molecule has 0 atom stereocenters. The van der Waals surface area contributed by atoms with Crippen LogP contribution < -0.4 is 5.32 Å². The fraction of sp³-hybridized carbons (Fsp3) is 0.351. The Hall–Kier alpha value is -3.92. The molecule has 0 bridgehead atoms. The number of nitrogens with one attached hydrogen (secondary N) is 1. The van der Waals surface area contributed by atoms with Crippen molar-refractivity contribution in [2.75, 3.05) is 0 Å². The Kier molecular flexibility index (Phi) is 5.74. The second-order valence-corrected chi connectivity index (χ2v) is 14.0. The smallest absolute Gasteiger partial charge is 0.162 e. The fourth-order valence-electron chi connectivity index (χ4n) is 7.66. The van der Waals surface area contributed by atoms with E-state index in [1.807, 2.05) is 0 Å². The van der Waals surface area contributed by atoms with Crippen molar-refractivity contribution in [1.29, 1.82) is 0 Å². The highest BCUT2D eigenvalue weighted by Crippen LogP contribution is 2.52. The van der Waals surface area contributed by atoms with E-state index in [9.17, 15) is 9.59 Å². The fourth-order valence-corrected chi connectivity index (χ4v) is 7.66. The number of aromatic nitrogens is 1. The molecular weight excluding hydrogens is 504 g/mol. The van der Waals surface area contributed by atoms with Gasteiger partial charge >= 0.3 is 0 Å². The van der Waals surface area contributed by atoms with E-state index in [-0.39, 0.29) is 28.3 Å². The molecular formula is C37H38N2O2. The number of benzene rings is 3. The average molecular weight is 543 g/mol. The van der Waals surface area contributed by atoms with Gasteiger partial charge in [-0.2, -0.15) is 0 Å². The molecule has 0 saturated heterocycles. The molecule has 1 N–H and O–H groups in total. The van der Waals surface area contributed by atoms with Crippen LogP contribution in [-0.4, -0.2) is 16.1 Å². The summed E-state index contributed by atoms with van der Waals surface area (Å²) in [6.07, 6.45) is 4.85. The number of aryl methyl sites for hydroxylation is 1. The lowest BCUT2D eigenvalue weighted by Gasteiger charge is -2.43. The van der Waals surface area contributed by atoms with E-state index in [2.05, 4.69) is 111 Å². The molecule has 0 radical (unpaired) electrons. The molecule has 0 amide bonds. The van der Waals surface area contributed by atoms with Gasteiger partial charge in [-0.25, -0.2) is 0 Å². The average Bonchev–Trinajstić information content (AvgIpc) is 3.26. The highest BCUT2D eigenvalue weighted by molar-refractivity contribution is 6.08. The van der Waals surface area contributed by atoms with Crippen LogP contribution in [0.25, 0.3) is 21.7 Å². The summed E-state index contributed by atoms with van der Waals surface area (Å²) < 4.78 is 2.33. The minimum Gasteiger partial charge on any atom is -0.362 e. The summed E-state index contributed by atoms with van der Waals surface area (Å²) in [6.45, 7) is 11.6. The van der Waals surface area contributed by atoms with E-state index < -0.39 is 0 Å². The number of carbonyl (C=O) groups excluding carboxylic acids is 2. The van der Waals surface area contributed by atoms with E-state index in [1.54, 1.807) is 0 Å². The standard InChI is InChI=1S/C37H38N2O2/c1-22-14-15-23-10-6-7-11-24(23)26(22)20-39-21-27(25-12-8-9-13-30(25)39)33-34-28(16-36(2,3)18-31(34)40)38-29-17-37(4,5)19-32(41)35(29)33/h6-15,21,33,38H,16-20H2,1-5H3. The zero-order valence-electron chi connectivity index (χ0n) is 24.7. The number of ketones is 2. The lowest BCUT2D eigenvalue weighted by atomic mass is 9.64. The van der Waals surface area contributed by atoms with Crippen LogP contribution in [-0.2, 0) is 16.1 Å². The summed E-state index contributed by atoms with van der Waals surface area (Å²) in [5, 5.41) is 7.28. The Labute approximate surface area is 242 Å². The minimum absolute atomic E-state index is 0.111. The summed E-state index contributed by atoms with van der Waals surface area (Å²) in [7, 11) is 0. The van der Waals surface area contributed by atoms with E-state index in [0.29, 0.717) is 12.8 Å². The summed E-state index contributed by atoms with van der Waals surface area (Å²) in [6, 6.07) is 21.4. The Morgan fingerprint density at radius 1 is 0.756 bits per heavy atom. The third kappa shape index (κ3) is 4.27. The second kappa shape index (κ2) is 9.04. The number of hydrogen-bond donors (Lipinski definition) is 1. The van der Waals surface area contributed by atoms with Crippen LogP contribution in [0.3, 0.4) is 0 Å². The van der Waals surface area contributed by atoms with Crippen molar-refractivity contribution in [3.8, 4) is 0 Å².